The van der Waals surface area contributed by atoms with Crippen LogP contribution in [0.15, 0.2) is 46.9 Å². The van der Waals surface area contributed by atoms with Crippen LogP contribution in [0.2, 0.25) is 10.0 Å². The topological polar surface area (TPSA) is 58.4 Å². The number of carbonyl (C=O) groups excluding carboxylic acids is 1. The van der Waals surface area contributed by atoms with Gasteiger partial charge in [-0.05, 0) is 43.7 Å². The number of likely N-dealkylation sites (tertiary alicyclic amines) is 1. The van der Waals surface area contributed by atoms with Crippen LogP contribution in [0.1, 0.15) is 31.1 Å². The number of halogens is 2. The standard InChI is InChI=1S/C21H21Cl2N3O2/c22-15-6-3-7-16(23)20(15)25-19(27)10-12-26-11-4-5-14(13-26)21-24-17-8-1-2-9-18(17)28-21/h1-3,6-9,14H,4-5,10-13H2,(H,25,27). The summed E-state index contributed by atoms with van der Waals surface area (Å²) in [7, 11) is 0. The lowest BCUT2D eigenvalue weighted by atomic mass is 9.98. The van der Waals surface area contributed by atoms with Gasteiger partial charge in [0.25, 0.3) is 0 Å². The van der Waals surface area contributed by atoms with Gasteiger partial charge >= 0.3 is 0 Å². The molecule has 1 saturated heterocycles. The van der Waals surface area contributed by atoms with Gasteiger partial charge in [-0.3, -0.25) is 4.79 Å². The maximum Gasteiger partial charge on any atom is 0.225 e. The van der Waals surface area contributed by atoms with Crippen LogP contribution in [-0.4, -0.2) is 35.4 Å². The molecule has 1 amide bonds. The van der Waals surface area contributed by atoms with E-state index in [4.69, 9.17) is 27.6 Å². The Hall–Kier alpha value is -2.08. The molecule has 1 aliphatic rings. The normalized spacial score (nSPS) is 17.7. The van der Waals surface area contributed by atoms with Crippen molar-refractivity contribution in [1.29, 1.82) is 0 Å². The molecule has 7 heteroatoms. The predicted octanol–water partition coefficient (Wildman–Crippen LogP) is 5.34. The fourth-order valence-electron chi connectivity index (χ4n) is 3.60. The van der Waals surface area contributed by atoms with Gasteiger partial charge in [-0.2, -0.15) is 0 Å². The predicted molar refractivity (Wildman–Crippen MR) is 112 cm³/mol. The van der Waals surface area contributed by atoms with E-state index in [0.717, 1.165) is 42.9 Å². The number of hydrogen-bond acceptors (Lipinski definition) is 4. The smallest absolute Gasteiger partial charge is 0.225 e. The SMILES string of the molecule is O=C(CCN1CCCC(c2nc3ccccc3o2)C1)Nc1c(Cl)cccc1Cl. The number of carbonyl (C=O) groups is 1. The number of anilines is 1. The molecule has 2 heterocycles. The molecule has 0 bridgehead atoms. The van der Waals surface area contributed by atoms with Crippen molar-refractivity contribution >= 4 is 45.9 Å². The number of fused-ring (bicyclic) bond motifs is 1. The van der Waals surface area contributed by atoms with E-state index in [9.17, 15) is 4.79 Å². The first kappa shape index (κ1) is 19.2. The first-order chi connectivity index (χ1) is 13.6. The molecule has 1 atom stereocenters. The number of benzene rings is 2. The fourth-order valence-corrected chi connectivity index (χ4v) is 4.10. The zero-order valence-corrected chi connectivity index (χ0v) is 16.8. The van der Waals surface area contributed by atoms with E-state index in [0.29, 0.717) is 28.7 Å². The molecule has 1 aromatic heterocycles. The van der Waals surface area contributed by atoms with E-state index in [1.165, 1.54) is 0 Å². The second-order valence-electron chi connectivity index (χ2n) is 7.05. The second-order valence-corrected chi connectivity index (χ2v) is 7.87. The molecule has 1 unspecified atom stereocenters. The van der Waals surface area contributed by atoms with Gasteiger partial charge in [-0.1, -0.05) is 41.4 Å². The Morgan fingerprint density at radius 3 is 2.75 bits per heavy atom. The van der Waals surface area contributed by atoms with Crippen molar-refractivity contribution in [3.63, 3.8) is 0 Å². The van der Waals surface area contributed by atoms with Gasteiger partial charge in [0.2, 0.25) is 5.91 Å². The van der Waals surface area contributed by atoms with Gasteiger partial charge in [0.05, 0.1) is 15.7 Å². The third-order valence-electron chi connectivity index (χ3n) is 5.05. The minimum Gasteiger partial charge on any atom is -0.440 e. The summed E-state index contributed by atoms with van der Waals surface area (Å²) in [4.78, 5) is 19.3. The summed E-state index contributed by atoms with van der Waals surface area (Å²) in [5, 5.41) is 3.70. The van der Waals surface area contributed by atoms with E-state index in [-0.39, 0.29) is 11.8 Å². The van der Waals surface area contributed by atoms with Crippen LogP contribution in [0.25, 0.3) is 11.1 Å². The zero-order valence-electron chi connectivity index (χ0n) is 15.3. The summed E-state index contributed by atoms with van der Waals surface area (Å²) in [5.41, 5.74) is 2.19. The van der Waals surface area contributed by atoms with Gasteiger partial charge in [0, 0.05) is 25.4 Å². The molecular formula is C21H21Cl2N3O2. The largest absolute Gasteiger partial charge is 0.440 e. The van der Waals surface area contributed by atoms with Gasteiger partial charge in [0.1, 0.15) is 5.52 Å². The maximum absolute atomic E-state index is 12.3. The second kappa shape index (κ2) is 8.52. The molecule has 3 aromatic rings. The molecular weight excluding hydrogens is 397 g/mol. The number of rotatable bonds is 5. The Balaban J connectivity index is 1.34. The van der Waals surface area contributed by atoms with E-state index < -0.39 is 0 Å². The van der Waals surface area contributed by atoms with Gasteiger partial charge in [0.15, 0.2) is 11.5 Å². The van der Waals surface area contributed by atoms with Crippen molar-refractivity contribution in [3.05, 3.63) is 58.4 Å². The highest BCUT2D eigenvalue weighted by atomic mass is 35.5. The summed E-state index contributed by atoms with van der Waals surface area (Å²) in [6.07, 6.45) is 2.48. The number of oxazole rings is 1. The van der Waals surface area contributed by atoms with E-state index in [1.54, 1.807) is 18.2 Å². The van der Waals surface area contributed by atoms with Crippen LogP contribution in [-0.2, 0) is 4.79 Å². The third-order valence-corrected chi connectivity index (χ3v) is 5.68. The summed E-state index contributed by atoms with van der Waals surface area (Å²) in [6.45, 7) is 2.48. The zero-order chi connectivity index (χ0) is 19.5. The number of nitrogens with zero attached hydrogens (tertiary/aromatic N) is 2. The highest BCUT2D eigenvalue weighted by Crippen LogP contribution is 2.31. The number of piperidine rings is 1. The summed E-state index contributed by atoms with van der Waals surface area (Å²) in [6, 6.07) is 13.0. The van der Waals surface area contributed by atoms with E-state index in [2.05, 4.69) is 15.2 Å². The highest BCUT2D eigenvalue weighted by Gasteiger charge is 2.25. The van der Waals surface area contributed by atoms with Crippen molar-refractivity contribution in [2.75, 3.05) is 25.0 Å². The van der Waals surface area contributed by atoms with Crippen LogP contribution >= 0.6 is 23.2 Å². The van der Waals surface area contributed by atoms with Crippen molar-refractivity contribution in [2.24, 2.45) is 0 Å². The number of hydrogen-bond donors (Lipinski definition) is 1. The molecule has 0 spiro atoms. The quantitative estimate of drug-likeness (QED) is 0.608. The first-order valence-corrected chi connectivity index (χ1v) is 10.2. The first-order valence-electron chi connectivity index (χ1n) is 9.42. The molecule has 0 aliphatic carbocycles. The van der Waals surface area contributed by atoms with Crippen molar-refractivity contribution in [3.8, 4) is 0 Å². The Morgan fingerprint density at radius 2 is 1.96 bits per heavy atom. The Morgan fingerprint density at radius 1 is 1.18 bits per heavy atom. The molecule has 1 N–H and O–H groups in total. The van der Waals surface area contributed by atoms with Gasteiger partial charge in [-0.25, -0.2) is 4.98 Å². The summed E-state index contributed by atoms with van der Waals surface area (Å²) in [5.74, 6) is 0.944. The maximum atomic E-state index is 12.3. The average Bonchev–Trinajstić information content (AvgIpc) is 3.14. The van der Waals surface area contributed by atoms with Crippen LogP contribution in [0.5, 0.6) is 0 Å². The molecule has 0 saturated carbocycles. The number of amides is 1. The number of aromatic nitrogens is 1. The highest BCUT2D eigenvalue weighted by molar-refractivity contribution is 6.39. The number of para-hydroxylation sites is 3. The molecule has 2 aromatic carbocycles. The molecule has 146 valence electrons. The molecule has 1 fully saturated rings. The monoisotopic (exact) mass is 417 g/mol. The lowest BCUT2D eigenvalue weighted by Crippen LogP contribution is -2.36. The lowest BCUT2D eigenvalue weighted by Gasteiger charge is -2.30. The van der Waals surface area contributed by atoms with Crippen LogP contribution < -0.4 is 5.32 Å². The Bertz CT molecular complexity index is 935. The van der Waals surface area contributed by atoms with Crippen molar-refractivity contribution in [1.82, 2.24) is 9.88 Å². The third kappa shape index (κ3) is 4.32. The van der Waals surface area contributed by atoms with E-state index in [1.807, 2.05) is 24.3 Å². The van der Waals surface area contributed by atoms with Crippen LogP contribution in [0.4, 0.5) is 5.69 Å². The van der Waals surface area contributed by atoms with Gasteiger partial charge in [-0.15, -0.1) is 0 Å². The van der Waals surface area contributed by atoms with Crippen molar-refractivity contribution in [2.45, 2.75) is 25.2 Å². The Kier molecular flexibility index (Phi) is 5.85. The van der Waals surface area contributed by atoms with Crippen molar-refractivity contribution < 1.29 is 9.21 Å². The molecule has 4 rings (SSSR count). The van der Waals surface area contributed by atoms with Crippen LogP contribution in [0, 0.1) is 0 Å². The number of nitrogens with one attached hydrogen (secondary N) is 1. The summed E-state index contributed by atoms with van der Waals surface area (Å²) >= 11 is 12.2. The van der Waals surface area contributed by atoms with Crippen LogP contribution in [0.3, 0.4) is 0 Å². The Labute approximate surface area is 173 Å². The average molecular weight is 418 g/mol. The summed E-state index contributed by atoms with van der Waals surface area (Å²) < 4.78 is 5.94. The molecule has 0 radical (unpaired) electrons. The van der Waals surface area contributed by atoms with E-state index >= 15 is 0 Å². The molecule has 1 aliphatic heterocycles. The van der Waals surface area contributed by atoms with Gasteiger partial charge < -0.3 is 14.6 Å². The fraction of sp³-hybridized carbons (Fsp3) is 0.333. The minimum absolute atomic E-state index is 0.0982. The lowest BCUT2D eigenvalue weighted by molar-refractivity contribution is -0.116. The molecule has 28 heavy (non-hydrogen) atoms. The molecule has 5 nitrogen and oxygen atoms in total. The minimum atomic E-state index is -0.0982.